The van der Waals surface area contributed by atoms with Gasteiger partial charge in [-0.3, -0.25) is 0 Å². The largest absolute Gasteiger partial charge is 0.490 e. The van der Waals surface area contributed by atoms with Crippen molar-refractivity contribution in [3.05, 3.63) is 29.5 Å². The van der Waals surface area contributed by atoms with Crippen molar-refractivity contribution < 1.29 is 18.6 Å². The van der Waals surface area contributed by atoms with Gasteiger partial charge in [-0.25, -0.2) is 4.98 Å². The van der Waals surface area contributed by atoms with Crippen molar-refractivity contribution in [2.75, 3.05) is 25.6 Å². The molecule has 1 atom stereocenters. The quantitative estimate of drug-likeness (QED) is 0.419. The van der Waals surface area contributed by atoms with Crippen molar-refractivity contribution in [2.45, 2.75) is 46.3 Å². The minimum Gasteiger partial charge on any atom is -0.490 e. The molecule has 1 unspecified atom stereocenters. The third kappa shape index (κ3) is 5.15. The number of benzene rings is 1. The summed E-state index contributed by atoms with van der Waals surface area (Å²) in [4.78, 5) is 9.24. The molecule has 0 aliphatic heterocycles. The van der Waals surface area contributed by atoms with Gasteiger partial charge in [0.05, 0.1) is 23.9 Å². The molecule has 3 aromatic rings. The fraction of sp³-hybridized carbons (Fsp3) is 0.455. The Morgan fingerprint density at radius 2 is 1.90 bits per heavy atom. The monoisotopic (exact) mass is 433 g/mol. The number of nitrogens with one attached hydrogen (secondary N) is 1. The van der Waals surface area contributed by atoms with Crippen LogP contribution < -0.4 is 14.8 Å². The molecule has 0 saturated carbocycles. The zero-order valence-electron chi connectivity index (χ0n) is 18.0. The molecule has 3 rings (SSSR count). The first-order valence-electron chi connectivity index (χ1n) is 10.1. The molecule has 8 heteroatoms. The van der Waals surface area contributed by atoms with Gasteiger partial charge in [0, 0.05) is 24.6 Å². The number of anilines is 1. The lowest BCUT2D eigenvalue weighted by Crippen LogP contribution is -2.11. The van der Waals surface area contributed by atoms with E-state index < -0.39 is 0 Å². The molecule has 2 aromatic heterocycles. The number of oxazole rings is 1. The fourth-order valence-electron chi connectivity index (χ4n) is 2.79. The van der Waals surface area contributed by atoms with Crippen LogP contribution in [0, 0.1) is 0 Å². The van der Waals surface area contributed by atoms with Crippen molar-refractivity contribution in [3.8, 4) is 22.9 Å². The molecule has 7 nitrogen and oxygen atoms in total. The van der Waals surface area contributed by atoms with Crippen LogP contribution in [0.25, 0.3) is 22.3 Å². The molecule has 0 spiro atoms. The molecular weight excluding hydrogens is 406 g/mol. The first-order chi connectivity index (χ1) is 14.4. The van der Waals surface area contributed by atoms with E-state index in [9.17, 15) is 0 Å². The molecule has 2 heterocycles. The molecule has 0 amide bonds. The van der Waals surface area contributed by atoms with Crippen LogP contribution in [0.2, 0.25) is 5.02 Å². The smallest absolute Gasteiger partial charge is 0.295 e. The number of ether oxygens (including phenoxy) is 3. The number of nitrogens with zero attached hydrogens (tertiary/aromatic N) is 2. The van der Waals surface area contributed by atoms with E-state index in [4.69, 9.17) is 35.2 Å². The average Bonchev–Trinajstić information content (AvgIpc) is 3.17. The summed E-state index contributed by atoms with van der Waals surface area (Å²) in [5, 5.41) is 4.37. The van der Waals surface area contributed by atoms with Crippen LogP contribution in [0.3, 0.4) is 0 Å². The first-order valence-corrected chi connectivity index (χ1v) is 10.4. The van der Waals surface area contributed by atoms with Gasteiger partial charge in [0.15, 0.2) is 0 Å². The zero-order chi connectivity index (χ0) is 21.7. The number of hydrogen-bond donors (Lipinski definition) is 1. The second-order valence-corrected chi connectivity index (χ2v) is 7.67. The van der Waals surface area contributed by atoms with Crippen molar-refractivity contribution in [1.82, 2.24) is 9.97 Å². The summed E-state index contributed by atoms with van der Waals surface area (Å²) in [6.07, 6.45) is 2.48. The van der Waals surface area contributed by atoms with Crippen LogP contribution in [0.5, 0.6) is 11.5 Å². The number of halogens is 1. The van der Waals surface area contributed by atoms with Gasteiger partial charge >= 0.3 is 0 Å². The van der Waals surface area contributed by atoms with Crippen LogP contribution >= 0.6 is 11.6 Å². The van der Waals surface area contributed by atoms with E-state index in [-0.39, 0.29) is 12.1 Å². The predicted octanol–water partition coefficient (Wildman–Crippen LogP) is 5.57. The fourth-order valence-corrected chi connectivity index (χ4v) is 3.05. The molecule has 1 aromatic carbocycles. The number of fused-ring (bicyclic) bond motifs is 1. The van der Waals surface area contributed by atoms with E-state index in [2.05, 4.69) is 17.2 Å². The minimum absolute atomic E-state index is 0.0373. The Morgan fingerprint density at radius 3 is 2.60 bits per heavy atom. The molecule has 0 aliphatic carbocycles. The highest BCUT2D eigenvalue weighted by Gasteiger charge is 2.18. The van der Waals surface area contributed by atoms with Crippen LogP contribution in [0.1, 0.15) is 34.1 Å². The summed E-state index contributed by atoms with van der Waals surface area (Å²) in [6.45, 7) is 8.99. The van der Waals surface area contributed by atoms with Gasteiger partial charge < -0.3 is 23.9 Å². The van der Waals surface area contributed by atoms with Crippen LogP contribution in [-0.4, -0.2) is 42.4 Å². The highest BCUT2D eigenvalue weighted by Crippen LogP contribution is 2.38. The number of rotatable bonds is 10. The summed E-state index contributed by atoms with van der Waals surface area (Å²) in [5.74, 6) is 1.23. The average molecular weight is 434 g/mol. The van der Waals surface area contributed by atoms with E-state index in [0.29, 0.717) is 52.7 Å². The van der Waals surface area contributed by atoms with E-state index in [1.807, 2.05) is 39.0 Å². The van der Waals surface area contributed by atoms with Gasteiger partial charge in [-0.2, -0.15) is 4.98 Å². The lowest BCUT2D eigenvalue weighted by atomic mass is 10.1. The topological polar surface area (TPSA) is 78.6 Å². The third-order valence-corrected chi connectivity index (χ3v) is 4.84. The Balaban J connectivity index is 2.07. The molecule has 30 heavy (non-hydrogen) atoms. The van der Waals surface area contributed by atoms with Crippen molar-refractivity contribution in [1.29, 1.82) is 0 Å². The zero-order valence-corrected chi connectivity index (χ0v) is 18.7. The van der Waals surface area contributed by atoms with E-state index in [0.717, 1.165) is 11.8 Å². The Labute approximate surface area is 181 Å². The summed E-state index contributed by atoms with van der Waals surface area (Å²) >= 11 is 6.66. The van der Waals surface area contributed by atoms with Crippen LogP contribution in [-0.2, 0) is 4.74 Å². The molecule has 0 fully saturated rings. The number of pyridine rings is 1. The Hall–Kier alpha value is -2.51. The van der Waals surface area contributed by atoms with Crippen molar-refractivity contribution >= 4 is 28.5 Å². The SMILES string of the molecule is CCC(C)Oc1cc(-c2coc(NC(C)C)n2)nc2c(Cl)c(OCCOC)ccc12. The first kappa shape index (κ1) is 22.2. The maximum Gasteiger partial charge on any atom is 0.295 e. The molecular formula is C22H28ClN3O4. The van der Waals surface area contributed by atoms with Crippen molar-refractivity contribution in [2.24, 2.45) is 0 Å². The van der Waals surface area contributed by atoms with Gasteiger partial charge in [0.25, 0.3) is 6.01 Å². The van der Waals surface area contributed by atoms with Gasteiger partial charge in [-0.15, -0.1) is 0 Å². The lowest BCUT2D eigenvalue weighted by Gasteiger charge is -2.17. The van der Waals surface area contributed by atoms with E-state index in [1.54, 1.807) is 13.4 Å². The standard InChI is InChI=1S/C22H28ClN3O4/c1-6-14(4)30-19-11-16(17-12-29-22(26-17)24-13(2)3)25-21-15(19)7-8-18(20(21)23)28-10-9-27-5/h7-8,11-14H,6,9-10H2,1-5H3,(H,24,26). The van der Waals surface area contributed by atoms with E-state index in [1.165, 1.54) is 0 Å². The number of aromatic nitrogens is 2. The molecule has 0 bridgehead atoms. The summed E-state index contributed by atoms with van der Waals surface area (Å²) in [5.41, 5.74) is 1.79. The van der Waals surface area contributed by atoms with Gasteiger partial charge in [-0.05, 0) is 39.3 Å². The van der Waals surface area contributed by atoms with Gasteiger partial charge in [-0.1, -0.05) is 18.5 Å². The number of methoxy groups -OCH3 is 1. The highest BCUT2D eigenvalue weighted by molar-refractivity contribution is 6.36. The minimum atomic E-state index is 0.0373. The van der Waals surface area contributed by atoms with Crippen LogP contribution in [0.4, 0.5) is 6.01 Å². The Bertz CT molecular complexity index is 990. The van der Waals surface area contributed by atoms with Gasteiger partial charge in [0.1, 0.15) is 35.1 Å². The maximum atomic E-state index is 6.66. The molecule has 0 saturated heterocycles. The van der Waals surface area contributed by atoms with Crippen LogP contribution in [0.15, 0.2) is 28.9 Å². The number of hydrogen-bond acceptors (Lipinski definition) is 7. The molecule has 162 valence electrons. The molecule has 0 aliphatic rings. The molecule has 0 radical (unpaired) electrons. The maximum absolute atomic E-state index is 6.66. The second kappa shape index (κ2) is 10.00. The summed E-state index contributed by atoms with van der Waals surface area (Å²) < 4.78 is 22.5. The van der Waals surface area contributed by atoms with Gasteiger partial charge in [0.2, 0.25) is 0 Å². The normalized spacial score (nSPS) is 12.4. The predicted molar refractivity (Wildman–Crippen MR) is 119 cm³/mol. The van der Waals surface area contributed by atoms with Crippen molar-refractivity contribution in [3.63, 3.8) is 0 Å². The van der Waals surface area contributed by atoms with E-state index >= 15 is 0 Å². The Morgan fingerprint density at radius 1 is 1.10 bits per heavy atom. The Kier molecular flexibility index (Phi) is 7.39. The summed E-state index contributed by atoms with van der Waals surface area (Å²) in [7, 11) is 1.62. The molecule has 1 N–H and O–H groups in total. The third-order valence-electron chi connectivity index (χ3n) is 4.47. The summed E-state index contributed by atoms with van der Waals surface area (Å²) in [6, 6.07) is 6.24. The second-order valence-electron chi connectivity index (χ2n) is 7.29. The highest BCUT2D eigenvalue weighted by atomic mass is 35.5. The lowest BCUT2D eigenvalue weighted by molar-refractivity contribution is 0.146.